The van der Waals surface area contributed by atoms with Gasteiger partial charge >= 0.3 is 24.7 Å². The fraction of sp³-hybridized carbons (Fsp3) is 0.250. The molecule has 0 saturated carbocycles. The molecule has 0 fully saturated rings. The van der Waals surface area contributed by atoms with Gasteiger partial charge in [0.05, 0.1) is 35.5 Å². The molecule has 0 aliphatic rings. The van der Waals surface area contributed by atoms with Gasteiger partial charge < -0.3 is 23.3 Å². The lowest BCUT2D eigenvalue weighted by Gasteiger charge is -2.19. The third kappa shape index (κ3) is 8.65. The second kappa shape index (κ2) is 15.0. The first-order chi connectivity index (χ1) is 18.5. The summed E-state index contributed by atoms with van der Waals surface area (Å²) in [5, 5.41) is 0. The van der Waals surface area contributed by atoms with Crippen LogP contribution in [0.5, 0.6) is 34.5 Å². The van der Waals surface area contributed by atoms with Crippen LogP contribution in [0.3, 0.4) is 0 Å². The van der Waals surface area contributed by atoms with E-state index in [0.717, 1.165) is 0 Å². The van der Waals surface area contributed by atoms with E-state index in [1.54, 1.807) is 94.1 Å². The Balaban J connectivity index is 1.92. The first-order valence-electron chi connectivity index (χ1n) is 11.1. The van der Waals surface area contributed by atoms with Gasteiger partial charge in [0.15, 0.2) is 11.5 Å². The second-order valence-electron chi connectivity index (χ2n) is 7.05. The smallest absolute Gasteiger partial charge is 0.497 e. The average Bonchev–Trinajstić information content (AvgIpc) is 2.97. The standard InChI is InChI=1S/C24H31N2O9P3/c1-27-19-7-13-22(14-8-19)33-36(30-4)25-38(32-6,35-24-17-11-21(29-3)12-18-24)26-37(31-5)34-23-15-9-20(28-2)10-16-23/h7-18,25H,1-6H3/q+2. The number of methoxy groups -OCH3 is 3. The Hall–Kier alpha value is -2.74. The summed E-state index contributed by atoms with van der Waals surface area (Å²) < 4.78 is 55.7. The Morgan fingerprint density at radius 3 is 1.50 bits per heavy atom. The van der Waals surface area contributed by atoms with Crippen molar-refractivity contribution < 1.29 is 41.4 Å². The van der Waals surface area contributed by atoms with Gasteiger partial charge in [-0.05, 0) is 77.7 Å². The first kappa shape index (κ1) is 29.8. The van der Waals surface area contributed by atoms with Crippen LogP contribution in [0.25, 0.3) is 0 Å². The molecule has 0 aromatic heterocycles. The second-order valence-corrected chi connectivity index (χ2v) is 12.2. The molecule has 204 valence electrons. The third-order valence-corrected chi connectivity index (χ3v) is 10.3. The van der Waals surface area contributed by atoms with E-state index in [-0.39, 0.29) is 0 Å². The highest BCUT2D eigenvalue weighted by Gasteiger charge is 2.56. The maximum Gasteiger partial charge on any atom is 0.659 e. The molecule has 0 spiro atoms. The van der Waals surface area contributed by atoms with Gasteiger partial charge in [0, 0.05) is 7.11 Å². The molecular weight excluding hydrogens is 553 g/mol. The van der Waals surface area contributed by atoms with Crippen molar-refractivity contribution in [1.82, 2.24) is 4.86 Å². The predicted octanol–water partition coefficient (Wildman–Crippen LogP) is 7.18. The Kier molecular flexibility index (Phi) is 11.8. The monoisotopic (exact) mass is 584 g/mol. The van der Waals surface area contributed by atoms with Crippen molar-refractivity contribution in [3.63, 3.8) is 0 Å². The highest BCUT2D eigenvalue weighted by Crippen LogP contribution is 2.66. The van der Waals surface area contributed by atoms with Gasteiger partial charge in [0.2, 0.25) is 4.52 Å². The summed E-state index contributed by atoms with van der Waals surface area (Å²) in [5.41, 5.74) is 0. The van der Waals surface area contributed by atoms with Gasteiger partial charge in [-0.3, -0.25) is 4.52 Å². The molecule has 0 amide bonds. The van der Waals surface area contributed by atoms with Crippen LogP contribution in [0.2, 0.25) is 0 Å². The summed E-state index contributed by atoms with van der Waals surface area (Å²) in [6.07, 6.45) is 0. The topological polar surface area (TPSA) is 107 Å². The molecule has 38 heavy (non-hydrogen) atoms. The highest BCUT2D eigenvalue weighted by atomic mass is 31.3. The fourth-order valence-electron chi connectivity index (χ4n) is 2.80. The van der Waals surface area contributed by atoms with Crippen LogP contribution in [0.15, 0.2) is 77.3 Å². The normalized spacial score (nSPS) is 13.7. The number of rotatable bonds is 15. The summed E-state index contributed by atoms with van der Waals surface area (Å²) in [6, 6.07) is 21.1. The Bertz CT molecular complexity index is 1150. The van der Waals surface area contributed by atoms with E-state index in [9.17, 15) is 0 Å². The maximum absolute atomic E-state index is 6.29. The van der Waals surface area contributed by atoms with Crippen LogP contribution < -0.4 is 32.6 Å². The Labute approximate surface area is 225 Å². The van der Waals surface area contributed by atoms with E-state index >= 15 is 0 Å². The van der Waals surface area contributed by atoms with Crippen LogP contribution in [-0.4, -0.2) is 42.7 Å². The Morgan fingerprint density at radius 1 is 0.632 bits per heavy atom. The van der Waals surface area contributed by atoms with Crippen LogP contribution >= 0.6 is 24.7 Å². The largest absolute Gasteiger partial charge is 0.659 e. The molecule has 3 aromatic rings. The highest BCUT2D eigenvalue weighted by molar-refractivity contribution is 7.75. The molecule has 0 heterocycles. The lowest BCUT2D eigenvalue weighted by molar-refractivity contribution is 0.350. The van der Waals surface area contributed by atoms with Gasteiger partial charge in [0.1, 0.15) is 23.0 Å². The first-order valence-corrected chi connectivity index (χ1v) is 15.0. The van der Waals surface area contributed by atoms with Crippen LogP contribution in [-0.2, 0) is 13.6 Å². The molecule has 3 aromatic carbocycles. The molecule has 0 bridgehead atoms. The minimum Gasteiger partial charge on any atom is -0.497 e. The number of hydrogen-bond donors (Lipinski definition) is 1. The van der Waals surface area contributed by atoms with E-state index in [1.165, 1.54) is 21.3 Å². The van der Waals surface area contributed by atoms with Gasteiger partial charge in [0.25, 0.3) is 0 Å². The summed E-state index contributed by atoms with van der Waals surface area (Å²) >= 11 is 0. The molecule has 3 unspecified atom stereocenters. The van der Waals surface area contributed by atoms with Crippen molar-refractivity contribution in [1.29, 1.82) is 0 Å². The summed E-state index contributed by atoms with van der Waals surface area (Å²) in [4.78, 5) is 3.18. The van der Waals surface area contributed by atoms with E-state index in [1.807, 2.05) is 0 Å². The lowest BCUT2D eigenvalue weighted by Crippen LogP contribution is -2.18. The van der Waals surface area contributed by atoms with Gasteiger partial charge in [-0.25, -0.2) is 4.52 Å². The maximum atomic E-state index is 6.29. The number of ether oxygens (including phenoxy) is 3. The quantitative estimate of drug-likeness (QED) is 0.185. The molecule has 3 atom stereocenters. The van der Waals surface area contributed by atoms with E-state index in [4.69, 9.17) is 45.9 Å². The SMILES string of the molecule is COc1ccc(OP(N[P+](N=[P+](OC)Oc2ccc(OC)cc2)(OC)Oc2ccc(OC)cc2)OC)cc1. The minimum atomic E-state index is -3.33. The number of nitrogens with one attached hydrogen (secondary N) is 1. The molecule has 0 radical (unpaired) electrons. The van der Waals surface area contributed by atoms with Crippen molar-refractivity contribution >= 4 is 24.7 Å². The molecule has 0 aliphatic carbocycles. The average molecular weight is 584 g/mol. The van der Waals surface area contributed by atoms with E-state index in [2.05, 4.69) is 4.86 Å². The summed E-state index contributed by atoms with van der Waals surface area (Å²) in [7, 11) is 2.27. The molecule has 11 nitrogen and oxygen atoms in total. The van der Waals surface area contributed by atoms with Crippen molar-refractivity contribution in [2.24, 2.45) is 4.52 Å². The zero-order valence-electron chi connectivity index (χ0n) is 21.9. The predicted molar refractivity (Wildman–Crippen MR) is 148 cm³/mol. The molecule has 0 aliphatic heterocycles. The third-order valence-electron chi connectivity index (χ3n) is 4.75. The number of nitrogens with zero attached hydrogens (tertiary/aromatic N) is 1. The van der Waals surface area contributed by atoms with Crippen molar-refractivity contribution in [2.45, 2.75) is 0 Å². The van der Waals surface area contributed by atoms with Crippen LogP contribution in [0.4, 0.5) is 0 Å². The minimum absolute atomic E-state index is 0.475. The molecule has 0 saturated heterocycles. The fourth-order valence-corrected chi connectivity index (χ4v) is 8.02. The van der Waals surface area contributed by atoms with Crippen molar-refractivity contribution in [2.75, 3.05) is 42.7 Å². The number of hydrogen-bond acceptors (Lipinski definition) is 11. The summed E-state index contributed by atoms with van der Waals surface area (Å²) in [5.74, 6) is 3.62. The van der Waals surface area contributed by atoms with Crippen molar-refractivity contribution in [3.05, 3.63) is 72.8 Å². The molecule has 1 N–H and O–H groups in total. The van der Waals surface area contributed by atoms with Gasteiger partial charge in [-0.15, -0.1) is 4.52 Å². The van der Waals surface area contributed by atoms with Crippen LogP contribution in [0, 0.1) is 0 Å². The molecular formula is C24H31N2O9P3+2. The van der Waals surface area contributed by atoms with E-state index < -0.39 is 24.7 Å². The molecule has 3 rings (SSSR count). The van der Waals surface area contributed by atoms with Gasteiger partial charge in [-0.1, -0.05) is 0 Å². The van der Waals surface area contributed by atoms with Crippen LogP contribution in [0.1, 0.15) is 0 Å². The zero-order chi connectivity index (χ0) is 27.4. The number of benzene rings is 3. The Morgan fingerprint density at radius 2 is 1.08 bits per heavy atom. The van der Waals surface area contributed by atoms with E-state index in [0.29, 0.717) is 34.5 Å². The molecule has 14 heteroatoms. The van der Waals surface area contributed by atoms with Gasteiger partial charge in [-0.2, -0.15) is 4.52 Å². The zero-order valence-corrected chi connectivity index (χ0v) is 24.6. The van der Waals surface area contributed by atoms with Crippen molar-refractivity contribution in [3.8, 4) is 34.5 Å². The lowest BCUT2D eigenvalue weighted by atomic mass is 10.3. The summed E-state index contributed by atoms with van der Waals surface area (Å²) in [6.45, 7) is 0.